The number of unbranched alkanes of at least 4 members (excludes halogenated alkanes) is 1. The maximum absolute atomic E-state index is 3.49. The Kier molecular flexibility index (Phi) is 5.61. The molecule has 16 heavy (non-hydrogen) atoms. The van der Waals surface area contributed by atoms with Crippen LogP contribution in [0.3, 0.4) is 0 Å². The lowest BCUT2D eigenvalue weighted by molar-refractivity contribution is 0.589. The molecule has 1 aromatic heterocycles. The van der Waals surface area contributed by atoms with Gasteiger partial charge in [-0.1, -0.05) is 27.2 Å². The highest BCUT2D eigenvalue weighted by Gasteiger charge is 2.05. The van der Waals surface area contributed by atoms with Crippen LogP contribution in [0.15, 0.2) is 12.1 Å². The summed E-state index contributed by atoms with van der Waals surface area (Å²) < 4.78 is 2.33. The van der Waals surface area contributed by atoms with Crippen molar-refractivity contribution in [3.63, 3.8) is 0 Å². The Morgan fingerprint density at radius 1 is 1.25 bits per heavy atom. The molecule has 0 spiro atoms. The van der Waals surface area contributed by atoms with Gasteiger partial charge < -0.3 is 9.88 Å². The molecule has 0 aliphatic heterocycles. The van der Waals surface area contributed by atoms with Gasteiger partial charge in [0, 0.05) is 25.0 Å². The van der Waals surface area contributed by atoms with E-state index >= 15 is 0 Å². The van der Waals surface area contributed by atoms with E-state index in [2.05, 4.69) is 49.8 Å². The van der Waals surface area contributed by atoms with Gasteiger partial charge in [0.15, 0.2) is 0 Å². The van der Waals surface area contributed by atoms with E-state index in [0.717, 1.165) is 19.0 Å². The molecule has 1 rings (SSSR count). The predicted octanol–water partition coefficient (Wildman–Crippen LogP) is 3.11. The second-order valence-corrected chi connectivity index (χ2v) is 5.00. The second kappa shape index (κ2) is 6.74. The average Bonchev–Trinajstić information content (AvgIpc) is 2.56. The number of hydrogen-bond donors (Lipinski definition) is 1. The number of aromatic nitrogens is 1. The Labute approximate surface area is 100 Å². The maximum Gasteiger partial charge on any atom is 0.0359 e. The van der Waals surface area contributed by atoms with Crippen LogP contribution in [-0.2, 0) is 20.0 Å². The first-order chi connectivity index (χ1) is 7.65. The van der Waals surface area contributed by atoms with Crippen molar-refractivity contribution in [2.24, 2.45) is 13.0 Å². The van der Waals surface area contributed by atoms with Gasteiger partial charge in [-0.3, -0.25) is 0 Å². The molecule has 0 aliphatic rings. The third-order valence-electron chi connectivity index (χ3n) is 2.96. The fourth-order valence-electron chi connectivity index (χ4n) is 1.92. The molecule has 1 aromatic rings. The van der Waals surface area contributed by atoms with E-state index in [4.69, 9.17) is 0 Å². The summed E-state index contributed by atoms with van der Waals surface area (Å²) in [7, 11) is 2.18. The molecule has 92 valence electrons. The van der Waals surface area contributed by atoms with Crippen LogP contribution in [0.1, 0.15) is 45.0 Å². The van der Waals surface area contributed by atoms with Crippen LogP contribution in [0, 0.1) is 5.92 Å². The van der Waals surface area contributed by atoms with Crippen LogP contribution in [0.25, 0.3) is 0 Å². The van der Waals surface area contributed by atoms with Crippen LogP contribution < -0.4 is 5.32 Å². The van der Waals surface area contributed by atoms with Gasteiger partial charge in [0.05, 0.1) is 0 Å². The van der Waals surface area contributed by atoms with Gasteiger partial charge >= 0.3 is 0 Å². The Morgan fingerprint density at radius 3 is 2.56 bits per heavy atom. The molecule has 0 aliphatic carbocycles. The predicted molar refractivity (Wildman–Crippen MR) is 70.6 cm³/mol. The topological polar surface area (TPSA) is 17.0 Å². The van der Waals surface area contributed by atoms with Gasteiger partial charge in [-0.05, 0) is 37.4 Å². The van der Waals surface area contributed by atoms with Gasteiger partial charge in [-0.15, -0.1) is 0 Å². The molecule has 0 saturated carbocycles. The first-order valence-electron chi connectivity index (χ1n) is 6.49. The van der Waals surface area contributed by atoms with Crippen LogP contribution in [0.2, 0.25) is 0 Å². The van der Waals surface area contributed by atoms with Gasteiger partial charge in [0.1, 0.15) is 0 Å². The number of nitrogens with one attached hydrogen (secondary N) is 1. The highest BCUT2D eigenvalue weighted by atomic mass is 15.0. The molecule has 2 heteroatoms. The van der Waals surface area contributed by atoms with Crippen molar-refractivity contribution in [2.45, 2.75) is 46.6 Å². The van der Waals surface area contributed by atoms with Crippen molar-refractivity contribution in [3.8, 4) is 0 Å². The van der Waals surface area contributed by atoms with Crippen molar-refractivity contribution in [1.29, 1.82) is 0 Å². The molecule has 1 heterocycles. The highest BCUT2D eigenvalue weighted by Crippen LogP contribution is 2.11. The molecular weight excluding hydrogens is 196 g/mol. The van der Waals surface area contributed by atoms with E-state index in [-0.39, 0.29) is 0 Å². The number of nitrogens with zero attached hydrogens (tertiary/aromatic N) is 1. The normalized spacial score (nSPS) is 11.3. The average molecular weight is 222 g/mol. The summed E-state index contributed by atoms with van der Waals surface area (Å²) in [5.74, 6) is 0.731. The lowest BCUT2D eigenvalue weighted by Crippen LogP contribution is -2.17. The lowest BCUT2D eigenvalue weighted by Gasteiger charge is -2.10. The monoisotopic (exact) mass is 222 g/mol. The van der Waals surface area contributed by atoms with Gasteiger partial charge in [-0.2, -0.15) is 0 Å². The molecule has 0 atom stereocenters. The minimum Gasteiger partial charge on any atom is -0.350 e. The van der Waals surface area contributed by atoms with E-state index < -0.39 is 0 Å². The molecule has 2 nitrogen and oxygen atoms in total. The molecule has 0 amide bonds. The smallest absolute Gasteiger partial charge is 0.0359 e. The van der Waals surface area contributed by atoms with E-state index in [1.54, 1.807) is 0 Å². The fourth-order valence-corrected chi connectivity index (χ4v) is 1.92. The summed E-state index contributed by atoms with van der Waals surface area (Å²) in [5.41, 5.74) is 2.84. The third-order valence-corrected chi connectivity index (χ3v) is 2.96. The molecule has 1 N–H and O–H groups in total. The molecule has 0 aromatic carbocycles. The number of hydrogen-bond acceptors (Lipinski definition) is 1. The van der Waals surface area contributed by atoms with E-state index in [0.29, 0.717) is 0 Å². The lowest BCUT2D eigenvalue weighted by atomic mass is 10.1. The minimum atomic E-state index is 0.731. The van der Waals surface area contributed by atoms with Crippen LogP contribution in [0.5, 0.6) is 0 Å². The third kappa shape index (κ3) is 4.01. The van der Waals surface area contributed by atoms with Gasteiger partial charge in [0.25, 0.3) is 0 Å². The Morgan fingerprint density at radius 2 is 1.94 bits per heavy atom. The van der Waals surface area contributed by atoms with E-state index in [1.165, 1.54) is 30.7 Å². The Bertz CT molecular complexity index is 300. The summed E-state index contributed by atoms with van der Waals surface area (Å²) in [6.45, 7) is 8.89. The summed E-state index contributed by atoms with van der Waals surface area (Å²) in [5, 5.41) is 3.49. The summed E-state index contributed by atoms with van der Waals surface area (Å²) in [6.07, 6.45) is 3.70. The summed E-state index contributed by atoms with van der Waals surface area (Å²) in [6, 6.07) is 4.51. The van der Waals surface area contributed by atoms with E-state index in [1.807, 2.05) is 0 Å². The number of rotatable bonds is 7. The highest BCUT2D eigenvalue weighted by molar-refractivity contribution is 5.16. The molecule has 0 unspecified atom stereocenters. The van der Waals surface area contributed by atoms with Crippen molar-refractivity contribution >= 4 is 0 Å². The molecule has 0 radical (unpaired) electrons. The van der Waals surface area contributed by atoms with Crippen molar-refractivity contribution in [1.82, 2.24) is 9.88 Å². The maximum atomic E-state index is 3.49. The van der Waals surface area contributed by atoms with Gasteiger partial charge in [-0.25, -0.2) is 0 Å². The minimum absolute atomic E-state index is 0.731. The first-order valence-corrected chi connectivity index (χ1v) is 6.49. The molecular formula is C14H26N2. The summed E-state index contributed by atoms with van der Waals surface area (Å²) >= 11 is 0. The SMILES string of the molecule is CCCCNCc1ccc(CC(C)C)n1C. The van der Waals surface area contributed by atoms with Crippen LogP contribution in [0.4, 0.5) is 0 Å². The Hall–Kier alpha value is -0.760. The first kappa shape index (κ1) is 13.3. The molecule has 0 fully saturated rings. The molecule has 0 saturated heterocycles. The van der Waals surface area contributed by atoms with Crippen molar-refractivity contribution in [2.75, 3.05) is 6.54 Å². The van der Waals surface area contributed by atoms with Crippen molar-refractivity contribution in [3.05, 3.63) is 23.5 Å². The van der Waals surface area contributed by atoms with Gasteiger partial charge in [0.2, 0.25) is 0 Å². The largest absolute Gasteiger partial charge is 0.350 e. The second-order valence-electron chi connectivity index (χ2n) is 5.00. The standard InChI is InChI=1S/C14H26N2/c1-5-6-9-15-11-14-8-7-13(16(14)4)10-12(2)3/h7-8,12,15H,5-6,9-11H2,1-4H3. The summed E-state index contributed by atoms with van der Waals surface area (Å²) in [4.78, 5) is 0. The van der Waals surface area contributed by atoms with Crippen LogP contribution >= 0.6 is 0 Å². The van der Waals surface area contributed by atoms with Crippen molar-refractivity contribution < 1.29 is 0 Å². The quantitative estimate of drug-likeness (QED) is 0.701. The molecule has 0 bridgehead atoms. The Balaban J connectivity index is 2.45. The fraction of sp³-hybridized carbons (Fsp3) is 0.714. The zero-order chi connectivity index (χ0) is 12.0. The zero-order valence-corrected chi connectivity index (χ0v) is 11.2. The van der Waals surface area contributed by atoms with Crippen LogP contribution in [-0.4, -0.2) is 11.1 Å². The zero-order valence-electron chi connectivity index (χ0n) is 11.2. The van der Waals surface area contributed by atoms with E-state index in [9.17, 15) is 0 Å².